The number of rotatable bonds is 3. The third-order valence-corrected chi connectivity index (χ3v) is 6.42. The Bertz CT molecular complexity index is 1060. The number of imidazole rings is 1. The van der Waals surface area contributed by atoms with Crippen molar-refractivity contribution in [3.8, 4) is 16.9 Å². The van der Waals surface area contributed by atoms with Crippen molar-refractivity contribution in [3.63, 3.8) is 0 Å². The van der Waals surface area contributed by atoms with Crippen LogP contribution in [0.25, 0.3) is 22.2 Å². The number of H-pyrrole nitrogens is 1. The summed E-state index contributed by atoms with van der Waals surface area (Å²) in [6, 6.07) is 13.9. The Kier molecular flexibility index (Phi) is 4.83. The molecule has 5 rings (SSSR count). The SMILES string of the molecule is COc1ccc(-c2ccccc2)c2nc(NC(=O)N3CCC4(CCOCC4)C3)[nH]c12. The van der Waals surface area contributed by atoms with Gasteiger partial charge in [-0.15, -0.1) is 0 Å². The number of anilines is 1. The number of likely N-dealkylation sites (tertiary alicyclic amines) is 1. The van der Waals surface area contributed by atoms with Crippen LogP contribution in [0.15, 0.2) is 42.5 Å². The van der Waals surface area contributed by atoms with Gasteiger partial charge in [-0.1, -0.05) is 30.3 Å². The van der Waals surface area contributed by atoms with E-state index in [4.69, 9.17) is 14.5 Å². The predicted molar refractivity (Wildman–Crippen MR) is 116 cm³/mol. The molecule has 0 unspecified atom stereocenters. The molecule has 0 saturated carbocycles. The van der Waals surface area contributed by atoms with Crippen LogP contribution in [0.5, 0.6) is 5.75 Å². The van der Waals surface area contributed by atoms with E-state index in [1.165, 1.54) is 0 Å². The Balaban J connectivity index is 1.40. The van der Waals surface area contributed by atoms with Crippen molar-refractivity contribution in [2.24, 2.45) is 5.41 Å². The molecular weight excluding hydrogens is 380 g/mol. The number of carbonyl (C=O) groups excluding carboxylic acids is 1. The number of nitrogens with zero attached hydrogens (tertiary/aromatic N) is 2. The molecule has 3 heterocycles. The zero-order chi connectivity index (χ0) is 20.6. The molecule has 1 spiro atoms. The van der Waals surface area contributed by atoms with Crippen LogP contribution in [-0.2, 0) is 4.74 Å². The van der Waals surface area contributed by atoms with Crippen molar-refractivity contribution < 1.29 is 14.3 Å². The van der Waals surface area contributed by atoms with Gasteiger partial charge >= 0.3 is 6.03 Å². The summed E-state index contributed by atoms with van der Waals surface area (Å²) in [4.78, 5) is 22.8. The fourth-order valence-corrected chi connectivity index (χ4v) is 4.65. The molecule has 30 heavy (non-hydrogen) atoms. The second kappa shape index (κ2) is 7.65. The minimum atomic E-state index is -0.113. The largest absolute Gasteiger partial charge is 0.494 e. The smallest absolute Gasteiger partial charge is 0.324 e. The summed E-state index contributed by atoms with van der Waals surface area (Å²) in [6.07, 6.45) is 3.09. The number of ether oxygens (including phenoxy) is 2. The maximum Gasteiger partial charge on any atom is 0.324 e. The maximum atomic E-state index is 12.9. The Morgan fingerprint density at radius 1 is 1.17 bits per heavy atom. The zero-order valence-corrected chi connectivity index (χ0v) is 17.1. The molecule has 2 aliphatic rings. The number of amides is 2. The Morgan fingerprint density at radius 3 is 2.73 bits per heavy atom. The zero-order valence-electron chi connectivity index (χ0n) is 17.1. The van der Waals surface area contributed by atoms with Gasteiger partial charge in [-0.05, 0) is 42.4 Å². The quantitative estimate of drug-likeness (QED) is 0.681. The van der Waals surface area contributed by atoms with Gasteiger partial charge in [-0.3, -0.25) is 5.32 Å². The van der Waals surface area contributed by atoms with Gasteiger partial charge in [0.25, 0.3) is 0 Å². The average Bonchev–Trinajstić information content (AvgIpc) is 3.38. The number of carbonyl (C=O) groups is 1. The lowest BCUT2D eigenvalue weighted by Gasteiger charge is -2.33. The summed E-state index contributed by atoms with van der Waals surface area (Å²) < 4.78 is 11.0. The van der Waals surface area contributed by atoms with Crippen LogP contribution in [0.4, 0.5) is 10.7 Å². The molecule has 1 aromatic heterocycles. The molecule has 7 nitrogen and oxygen atoms in total. The number of methoxy groups -OCH3 is 1. The molecule has 0 radical (unpaired) electrons. The number of benzene rings is 2. The van der Waals surface area contributed by atoms with Crippen molar-refractivity contribution in [2.75, 3.05) is 38.7 Å². The number of urea groups is 1. The number of nitrogens with one attached hydrogen (secondary N) is 2. The topological polar surface area (TPSA) is 79.5 Å². The van der Waals surface area contributed by atoms with Crippen LogP contribution in [-0.4, -0.2) is 54.3 Å². The number of fused-ring (bicyclic) bond motifs is 1. The van der Waals surface area contributed by atoms with E-state index in [2.05, 4.69) is 10.3 Å². The van der Waals surface area contributed by atoms with Crippen molar-refractivity contribution >= 4 is 23.0 Å². The molecule has 0 atom stereocenters. The van der Waals surface area contributed by atoms with E-state index < -0.39 is 0 Å². The van der Waals surface area contributed by atoms with E-state index in [0.717, 1.165) is 67.7 Å². The molecule has 2 fully saturated rings. The fourth-order valence-electron chi connectivity index (χ4n) is 4.65. The summed E-state index contributed by atoms with van der Waals surface area (Å²) in [5.41, 5.74) is 3.82. The summed E-state index contributed by atoms with van der Waals surface area (Å²) in [7, 11) is 1.63. The first-order valence-corrected chi connectivity index (χ1v) is 10.4. The van der Waals surface area contributed by atoms with E-state index in [1.54, 1.807) is 7.11 Å². The van der Waals surface area contributed by atoms with Crippen LogP contribution >= 0.6 is 0 Å². The molecule has 156 valence electrons. The highest BCUT2D eigenvalue weighted by Gasteiger charge is 2.41. The van der Waals surface area contributed by atoms with Crippen LogP contribution in [0.3, 0.4) is 0 Å². The molecular formula is C23H26N4O3. The van der Waals surface area contributed by atoms with Crippen molar-refractivity contribution in [1.29, 1.82) is 0 Å². The molecule has 3 aromatic rings. The lowest BCUT2D eigenvalue weighted by atomic mass is 9.80. The predicted octanol–water partition coefficient (Wildman–Crippen LogP) is 4.27. The van der Waals surface area contributed by atoms with Crippen molar-refractivity contribution in [3.05, 3.63) is 42.5 Å². The highest BCUT2D eigenvalue weighted by Crippen LogP contribution is 2.40. The summed E-state index contributed by atoms with van der Waals surface area (Å²) >= 11 is 0. The molecule has 7 heteroatoms. The first-order chi connectivity index (χ1) is 14.7. The molecule has 2 amide bonds. The van der Waals surface area contributed by atoms with E-state index in [1.807, 2.05) is 47.4 Å². The molecule has 2 aromatic carbocycles. The van der Waals surface area contributed by atoms with E-state index >= 15 is 0 Å². The second-order valence-corrected chi connectivity index (χ2v) is 8.20. The normalized spacial score (nSPS) is 18.1. The third-order valence-electron chi connectivity index (χ3n) is 6.42. The van der Waals surface area contributed by atoms with Gasteiger partial charge in [0.15, 0.2) is 0 Å². The van der Waals surface area contributed by atoms with E-state index in [0.29, 0.717) is 11.7 Å². The van der Waals surface area contributed by atoms with Crippen molar-refractivity contribution in [1.82, 2.24) is 14.9 Å². The summed E-state index contributed by atoms with van der Waals surface area (Å²) in [5.74, 6) is 1.13. The lowest BCUT2D eigenvalue weighted by Crippen LogP contribution is -2.37. The Labute approximate surface area is 175 Å². The fraction of sp³-hybridized carbons (Fsp3) is 0.391. The Morgan fingerprint density at radius 2 is 1.97 bits per heavy atom. The first-order valence-electron chi connectivity index (χ1n) is 10.4. The summed E-state index contributed by atoms with van der Waals surface area (Å²) in [5, 5.41) is 2.96. The number of hydrogen-bond donors (Lipinski definition) is 2. The van der Waals surface area contributed by atoms with Crippen LogP contribution in [0.2, 0.25) is 0 Å². The Hall–Kier alpha value is -3.06. The van der Waals surface area contributed by atoms with Crippen molar-refractivity contribution in [2.45, 2.75) is 19.3 Å². The average molecular weight is 406 g/mol. The van der Waals surface area contributed by atoms with Gasteiger partial charge in [0.05, 0.1) is 7.11 Å². The molecule has 2 saturated heterocycles. The van der Waals surface area contributed by atoms with Gasteiger partial charge in [-0.25, -0.2) is 9.78 Å². The van der Waals surface area contributed by atoms with Gasteiger partial charge in [-0.2, -0.15) is 0 Å². The van der Waals surface area contributed by atoms with Crippen LogP contribution < -0.4 is 10.1 Å². The molecule has 2 aliphatic heterocycles. The van der Waals surface area contributed by atoms with Crippen LogP contribution in [0.1, 0.15) is 19.3 Å². The van der Waals surface area contributed by atoms with Gasteiger partial charge in [0.2, 0.25) is 5.95 Å². The highest BCUT2D eigenvalue weighted by molar-refractivity contribution is 5.98. The number of hydrogen-bond acceptors (Lipinski definition) is 4. The van der Waals surface area contributed by atoms with E-state index in [-0.39, 0.29) is 11.4 Å². The lowest BCUT2D eigenvalue weighted by molar-refractivity contribution is 0.0211. The minimum absolute atomic E-state index is 0.113. The maximum absolute atomic E-state index is 12.9. The number of aromatic nitrogens is 2. The molecule has 0 aliphatic carbocycles. The molecule has 0 bridgehead atoms. The van der Waals surface area contributed by atoms with E-state index in [9.17, 15) is 4.79 Å². The third kappa shape index (κ3) is 3.39. The monoisotopic (exact) mass is 406 g/mol. The summed E-state index contributed by atoms with van der Waals surface area (Å²) in [6.45, 7) is 3.13. The van der Waals surface area contributed by atoms with Crippen LogP contribution in [0, 0.1) is 5.41 Å². The number of aromatic amines is 1. The van der Waals surface area contributed by atoms with Gasteiger partial charge in [0, 0.05) is 31.9 Å². The van der Waals surface area contributed by atoms with Gasteiger partial charge in [0.1, 0.15) is 16.8 Å². The second-order valence-electron chi connectivity index (χ2n) is 8.20. The van der Waals surface area contributed by atoms with Gasteiger partial charge < -0.3 is 19.4 Å². The standard InChI is InChI=1S/C23H26N4O3/c1-29-18-8-7-17(16-5-3-2-4-6-16)19-20(18)25-21(24-19)26-22(28)27-12-9-23(15-27)10-13-30-14-11-23/h2-8H,9-15H2,1H3,(H2,24,25,26,28). The molecule has 2 N–H and O–H groups in total. The minimum Gasteiger partial charge on any atom is -0.494 e. The highest BCUT2D eigenvalue weighted by atomic mass is 16.5. The first kappa shape index (κ1) is 18.9.